The Morgan fingerprint density at radius 2 is 2.14 bits per heavy atom. The first kappa shape index (κ1) is 15.4. The Bertz CT molecular complexity index is 540. The molecule has 1 aromatic carbocycles. The monoisotopic (exact) mass is 323 g/mol. The summed E-state index contributed by atoms with van der Waals surface area (Å²) in [6.07, 6.45) is 2.20. The molecule has 5 nitrogen and oxygen atoms in total. The third-order valence-electron chi connectivity index (χ3n) is 4.37. The van der Waals surface area contributed by atoms with Crippen LogP contribution >= 0.6 is 11.6 Å². The molecule has 6 heteroatoms. The maximum Gasteiger partial charge on any atom is 0.317 e. The van der Waals surface area contributed by atoms with Crippen LogP contribution < -0.4 is 10.2 Å². The zero-order valence-corrected chi connectivity index (χ0v) is 13.3. The van der Waals surface area contributed by atoms with Crippen molar-refractivity contribution in [2.24, 2.45) is 0 Å². The minimum Gasteiger partial charge on any atom is -0.391 e. The van der Waals surface area contributed by atoms with Gasteiger partial charge < -0.3 is 20.2 Å². The van der Waals surface area contributed by atoms with Crippen LogP contribution in [-0.2, 0) is 0 Å². The van der Waals surface area contributed by atoms with Crippen LogP contribution in [0.15, 0.2) is 24.3 Å². The van der Waals surface area contributed by atoms with Gasteiger partial charge in [-0.2, -0.15) is 0 Å². The molecule has 2 amide bonds. The number of carbonyl (C=O) groups is 1. The van der Waals surface area contributed by atoms with Gasteiger partial charge in [0.1, 0.15) is 0 Å². The molecule has 1 aromatic rings. The molecule has 0 bridgehead atoms. The molecule has 22 heavy (non-hydrogen) atoms. The molecule has 0 radical (unpaired) electrons. The van der Waals surface area contributed by atoms with Gasteiger partial charge in [0, 0.05) is 42.9 Å². The zero-order valence-electron chi connectivity index (χ0n) is 12.5. The first-order valence-electron chi connectivity index (χ1n) is 7.86. The van der Waals surface area contributed by atoms with Gasteiger partial charge in [-0.05, 0) is 37.5 Å². The van der Waals surface area contributed by atoms with Crippen LogP contribution in [0.2, 0.25) is 5.02 Å². The van der Waals surface area contributed by atoms with E-state index in [1.807, 2.05) is 24.3 Å². The fraction of sp³-hybridized carbons (Fsp3) is 0.562. The molecule has 0 aromatic heterocycles. The van der Waals surface area contributed by atoms with Gasteiger partial charge in [-0.3, -0.25) is 0 Å². The van der Waals surface area contributed by atoms with Gasteiger partial charge in [0.2, 0.25) is 0 Å². The van der Waals surface area contributed by atoms with Crippen LogP contribution in [0.1, 0.15) is 19.3 Å². The third-order valence-corrected chi connectivity index (χ3v) is 4.61. The van der Waals surface area contributed by atoms with Crippen molar-refractivity contribution in [1.29, 1.82) is 0 Å². The molecular formula is C16H22ClN3O2. The molecule has 2 saturated heterocycles. The van der Waals surface area contributed by atoms with E-state index < -0.39 is 0 Å². The topological polar surface area (TPSA) is 55.8 Å². The number of urea groups is 1. The lowest BCUT2D eigenvalue weighted by Crippen LogP contribution is -2.50. The number of likely N-dealkylation sites (tertiary alicyclic amines) is 1. The van der Waals surface area contributed by atoms with E-state index in [0.717, 1.165) is 49.6 Å². The third kappa shape index (κ3) is 3.65. The predicted octanol–water partition coefficient (Wildman–Crippen LogP) is 2.08. The summed E-state index contributed by atoms with van der Waals surface area (Å²) < 4.78 is 0. The Labute approximate surface area is 135 Å². The van der Waals surface area contributed by atoms with E-state index in [1.165, 1.54) is 0 Å². The molecule has 120 valence electrons. The molecule has 2 heterocycles. The second-order valence-corrected chi connectivity index (χ2v) is 6.54. The number of carbonyl (C=O) groups excluding carboxylic acids is 1. The van der Waals surface area contributed by atoms with E-state index in [1.54, 1.807) is 4.90 Å². The minimum absolute atomic E-state index is 0.0586. The molecular weight excluding hydrogens is 302 g/mol. The summed E-state index contributed by atoms with van der Waals surface area (Å²) in [6.45, 7) is 2.88. The van der Waals surface area contributed by atoms with E-state index in [0.29, 0.717) is 6.54 Å². The highest BCUT2D eigenvalue weighted by atomic mass is 35.5. The second kappa shape index (κ2) is 6.75. The van der Waals surface area contributed by atoms with Crippen LogP contribution in [0.3, 0.4) is 0 Å². The van der Waals surface area contributed by atoms with Gasteiger partial charge in [0.05, 0.1) is 6.10 Å². The zero-order chi connectivity index (χ0) is 15.5. The van der Waals surface area contributed by atoms with Crippen molar-refractivity contribution in [2.45, 2.75) is 31.4 Å². The number of aliphatic hydroxyl groups is 1. The number of benzene rings is 1. The van der Waals surface area contributed by atoms with Crippen molar-refractivity contribution in [3.8, 4) is 0 Å². The molecule has 2 N–H and O–H groups in total. The highest BCUT2D eigenvalue weighted by molar-refractivity contribution is 6.30. The number of rotatable bonds is 2. The first-order valence-corrected chi connectivity index (χ1v) is 8.23. The molecule has 0 aliphatic carbocycles. The van der Waals surface area contributed by atoms with Gasteiger partial charge in [-0.25, -0.2) is 4.79 Å². The summed E-state index contributed by atoms with van der Waals surface area (Å²) in [5.74, 6) is 0. The Morgan fingerprint density at radius 1 is 1.27 bits per heavy atom. The predicted molar refractivity (Wildman–Crippen MR) is 87.4 cm³/mol. The number of β-amino-alcohol motifs (C(OH)–C–C–N with tert-alkyl or cyclic N) is 1. The lowest BCUT2D eigenvalue weighted by atomic mass is 10.1. The van der Waals surface area contributed by atoms with Crippen molar-refractivity contribution in [3.05, 3.63) is 29.3 Å². The Kier molecular flexibility index (Phi) is 4.74. The van der Waals surface area contributed by atoms with Crippen LogP contribution in [0.25, 0.3) is 0 Å². The fourth-order valence-electron chi connectivity index (χ4n) is 3.19. The fourth-order valence-corrected chi connectivity index (χ4v) is 3.38. The molecule has 2 fully saturated rings. The number of nitrogens with zero attached hydrogens (tertiary/aromatic N) is 2. The summed E-state index contributed by atoms with van der Waals surface area (Å²) in [5, 5.41) is 13.5. The number of hydrogen-bond acceptors (Lipinski definition) is 3. The van der Waals surface area contributed by atoms with Crippen LogP contribution in [-0.4, -0.2) is 54.4 Å². The standard InChI is InChI=1S/C16H22ClN3O2/c17-12-3-1-4-14(9-12)19-8-6-13(10-19)18-16(22)20-7-2-5-15(21)11-20/h1,3-4,9,13,15,21H,2,5-8,10-11H2,(H,18,22). The van der Waals surface area contributed by atoms with Crippen molar-refractivity contribution in [2.75, 3.05) is 31.1 Å². The second-order valence-electron chi connectivity index (χ2n) is 6.10. The van der Waals surface area contributed by atoms with Crippen molar-refractivity contribution < 1.29 is 9.90 Å². The lowest BCUT2D eigenvalue weighted by molar-refractivity contribution is 0.0835. The minimum atomic E-state index is -0.383. The Hall–Kier alpha value is -1.46. The van der Waals surface area contributed by atoms with Crippen molar-refractivity contribution >= 4 is 23.3 Å². The molecule has 2 aliphatic heterocycles. The van der Waals surface area contributed by atoms with Gasteiger partial charge in [0.15, 0.2) is 0 Å². The SMILES string of the molecule is O=C(NC1CCN(c2cccc(Cl)c2)C1)N1CCCC(O)C1. The number of amides is 2. The molecule has 2 unspecified atom stereocenters. The number of nitrogens with one attached hydrogen (secondary N) is 1. The van der Waals surface area contributed by atoms with Crippen LogP contribution in [0.4, 0.5) is 10.5 Å². The highest BCUT2D eigenvalue weighted by Crippen LogP contribution is 2.23. The van der Waals surface area contributed by atoms with Crippen LogP contribution in [0, 0.1) is 0 Å². The molecule has 3 rings (SSSR count). The van der Waals surface area contributed by atoms with Crippen molar-refractivity contribution in [1.82, 2.24) is 10.2 Å². The maximum absolute atomic E-state index is 12.3. The van der Waals surface area contributed by atoms with Gasteiger partial charge in [-0.15, -0.1) is 0 Å². The summed E-state index contributed by atoms with van der Waals surface area (Å²) in [4.78, 5) is 16.2. The summed E-state index contributed by atoms with van der Waals surface area (Å²) in [5.41, 5.74) is 1.10. The summed E-state index contributed by atoms with van der Waals surface area (Å²) in [6, 6.07) is 7.88. The number of anilines is 1. The van der Waals surface area contributed by atoms with Gasteiger partial charge >= 0.3 is 6.03 Å². The number of hydrogen-bond donors (Lipinski definition) is 2. The number of aliphatic hydroxyl groups excluding tert-OH is 1. The molecule has 2 aliphatic rings. The smallest absolute Gasteiger partial charge is 0.317 e. The summed E-state index contributed by atoms with van der Waals surface area (Å²) >= 11 is 6.03. The molecule has 0 spiro atoms. The maximum atomic E-state index is 12.3. The normalized spacial score (nSPS) is 25.4. The highest BCUT2D eigenvalue weighted by Gasteiger charge is 2.28. The molecule has 2 atom stereocenters. The Morgan fingerprint density at radius 3 is 2.91 bits per heavy atom. The number of piperidine rings is 1. The summed E-state index contributed by atoms with van der Waals surface area (Å²) in [7, 11) is 0. The quantitative estimate of drug-likeness (QED) is 0.876. The van der Waals surface area contributed by atoms with E-state index >= 15 is 0 Å². The van der Waals surface area contributed by atoms with E-state index in [9.17, 15) is 9.90 Å². The van der Waals surface area contributed by atoms with Gasteiger partial charge in [-0.1, -0.05) is 17.7 Å². The first-order chi connectivity index (χ1) is 10.6. The van der Waals surface area contributed by atoms with E-state index in [4.69, 9.17) is 11.6 Å². The average Bonchev–Trinajstić information content (AvgIpc) is 2.96. The average molecular weight is 324 g/mol. The van der Waals surface area contributed by atoms with Crippen LogP contribution in [0.5, 0.6) is 0 Å². The van der Waals surface area contributed by atoms with E-state index in [-0.39, 0.29) is 18.2 Å². The Balaban J connectivity index is 1.53. The largest absolute Gasteiger partial charge is 0.391 e. The van der Waals surface area contributed by atoms with Crippen molar-refractivity contribution in [3.63, 3.8) is 0 Å². The number of halogens is 1. The lowest BCUT2D eigenvalue weighted by Gasteiger charge is -2.31. The van der Waals surface area contributed by atoms with E-state index in [2.05, 4.69) is 10.2 Å². The molecule has 0 saturated carbocycles. The van der Waals surface area contributed by atoms with Gasteiger partial charge in [0.25, 0.3) is 0 Å².